The van der Waals surface area contributed by atoms with Crippen molar-refractivity contribution in [2.75, 3.05) is 7.05 Å². The molecular formula is C15H20BrNO2. The Bertz CT molecular complexity index is 442. The molecule has 2 atom stereocenters. The van der Waals surface area contributed by atoms with Gasteiger partial charge in [-0.25, -0.2) is 0 Å². The molecule has 3 nitrogen and oxygen atoms in total. The highest BCUT2D eigenvalue weighted by atomic mass is 79.9. The summed E-state index contributed by atoms with van der Waals surface area (Å²) in [5.74, 6) is 1.44. The van der Waals surface area contributed by atoms with Crippen LogP contribution < -0.4 is 4.74 Å². The summed E-state index contributed by atoms with van der Waals surface area (Å²) in [6, 6.07) is 7.84. The fraction of sp³-hybridized carbons (Fsp3) is 0.533. The van der Waals surface area contributed by atoms with Gasteiger partial charge in [-0.1, -0.05) is 15.9 Å². The van der Waals surface area contributed by atoms with Gasteiger partial charge in [-0.2, -0.15) is 0 Å². The van der Waals surface area contributed by atoms with E-state index in [1.54, 1.807) is 6.92 Å². The number of halogens is 1. The van der Waals surface area contributed by atoms with Crippen LogP contribution in [0.1, 0.15) is 26.7 Å². The predicted octanol–water partition coefficient (Wildman–Crippen LogP) is 3.47. The van der Waals surface area contributed by atoms with Crippen LogP contribution in [0.3, 0.4) is 0 Å². The summed E-state index contributed by atoms with van der Waals surface area (Å²) in [5, 5.41) is 0. The Hall–Kier alpha value is -1.03. The molecular weight excluding hydrogens is 306 g/mol. The number of hydrogen-bond donors (Lipinski definition) is 0. The zero-order chi connectivity index (χ0) is 14.0. The van der Waals surface area contributed by atoms with E-state index in [-0.39, 0.29) is 5.91 Å². The number of rotatable bonds is 5. The van der Waals surface area contributed by atoms with Crippen LogP contribution in [-0.4, -0.2) is 30.0 Å². The maximum absolute atomic E-state index is 12.3. The molecule has 2 rings (SSSR count). The van der Waals surface area contributed by atoms with Crippen LogP contribution in [-0.2, 0) is 4.79 Å². The second kappa shape index (κ2) is 5.95. The summed E-state index contributed by atoms with van der Waals surface area (Å²) in [5.41, 5.74) is 0. The molecule has 1 aromatic carbocycles. The third kappa shape index (κ3) is 3.72. The highest BCUT2D eigenvalue weighted by molar-refractivity contribution is 9.10. The molecule has 0 aromatic heterocycles. The molecule has 1 aromatic rings. The van der Waals surface area contributed by atoms with Gasteiger partial charge in [0.1, 0.15) is 5.75 Å². The van der Waals surface area contributed by atoms with E-state index >= 15 is 0 Å². The maximum Gasteiger partial charge on any atom is 0.263 e. The standard InChI is InChI=1S/C15H20BrNO2/c1-10(12-4-5-12)17(3)15(18)11(2)19-14-8-6-13(16)7-9-14/h6-12H,4-5H2,1-3H3. The number of amides is 1. The molecule has 1 amide bonds. The number of nitrogens with zero attached hydrogens (tertiary/aromatic N) is 1. The van der Waals surface area contributed by atoms with E-state index in [2.05, 4.69) is 22.9 Å². The highest BCUT2D eigenvalue weighted by Gasteiger charge is 2.34. The van der Waals surface area contributed by atoms with Crippen molar-refractivity contribution in [2.24, 2.45) is 5.92 Å². The van der Waals surface area contributed by atoms with E-state index in [1.807, 2.05) is 36.2 Å². The van der Waals surface area contributed by atoms with Crippen molar-refractivity contribution in [3.05, 3.63) is 28.7 Å². The Kier molecular flexibility index (Phi) is 4.50. The zero-order valence-electron chi connectivity index (χ0n) is 11.6. The fourth-order valence-electron chi connectivity index (χ4n) is 2.15. The first-order chi connectivity index (χ1) is 8.99. The third-order valence-corrected chi connectivity index (χ3v) is 4.27. The lowest BCUT2D eigenvalue weighted by molar-refractivity contribution is -0.138. The van der Waals surface area contributed by atoms with Gasteiger partial charge in [-0.3, -0.25) is 4.79 Å². The van der Waals surface area contributed by atoms with Crippen LogP contribution in [0.2, 0.25) is 0 Å². The molecule has 0 N–H and O–H groups in total. The number of carbonyl (C=O) groups excluding carboxylic acids is 1. The van der Waals surface area contributed by atoms with Crippen molar-refractivity contribution in [3.8, 4) is 5.75 Å². The first-order valence-corrected chi connectivity index (χ1v) is 7.47. The van der Waals surface area contributed by atoms with Gasteiger partial charge in [-0.15, -0.1) is 0 Å². The molecule has 1 aliphatic carbocycles. The molecule has 1 fully saturated rings. The van der Waals surface area contributed by atoms with Gasteiger partial charge in [0.2, 0.25) is 0 Å². The van der Waals surface area contributed by atoms with E-state index in [0.29, 0.717) is 12.0 Å². The van der Waals surface area contributed by atoms with E-state index in [9.17, 15) is 4.79 Å². The summed E-state index contributed by atoms with van der Waals surface area (Å²) >= 11 is 3.38. The van der Waals surface area contributed by atoms with Crippen molar-refractivity contribution < 1.29 is 9.53 Å². The average Bonchev–Trinajstić information content (AvgIpc) is 3.23. The summed E-state index contributed by atoms with van der Waals surface area (Å²) in [4.78, 5) is 14.1. The topological polar surface area (TPSA) is 29.5 Å². The predicted molar refractivity (Wildman–Crippen MR) is 79.2 cm³/mol. The highest BCUT2D eigenvalue weighted by Crippen LogP contribution is 2.34. The third-order valence-electron chi connectivity index (χ3n) is 3.74. The van der Waals surface area contributed by atoms with E-state index in [1.165, 1.54) is 12.8 Å². The average molecular weight is 326 g/mol. The Labute approximate surface area is 123 Å². The number of ether oxygens (including phenoxy) is 1. The van der Waals surface area contributed by atoms with Gasteiger partial charge >= 0.3 is 0 Å². The molecule has 0 bridgehead atoms. The molecule has 1 saturated carbocycles. The van der Waals surface area contributed by atoms with Crippen LogP contribution in [0.5, 0.6) is 5.75 Å². The van der Waals surface area contributed by atoms with Crippen LogP contribution in [0.25, 0.3) is 0 Å². The summed E-state index contributed by atoms with van der Waals surface area (Å²) < 4.78 is 6.69. The number of hydrogen-bond acceptors (Lipinski definition) is 2. The lowest BCUT2D eigenvalue weighted by atomic mass is 10.2. The lowest BCUT2D eigenvalue weighted by Gasteiger charge is -2.27. The van der Waals surface area contributed by atoms with E-state index in [4.69, 9.17) is 4.74 Å². The van der Waals surface area contributed by atoms with Gasteiger partial charge in [-0.05, 0) is 56.9 Å². The molecule has 0 heterocycles. The minimum Gasteiger partial charge on any atom is -0.481 e. The molecule has 0 radical (unpaired) electrons. The summed E-state index contributed by atoms with van der Waals surface area (Å²) in [6.07, 6.45) is 2.02. The van der Waals surface area contributed by atoms with Crippen LogP contribution in [0.4, 0.5) is 0 Å². The Morgan fingerprint density at radius 2 is 1.89 bits per heavy atom. The largest absolute Gasteiger partial charge is 0.481 e. The smallest absolute Gasteiger partial charge is 0.263 e. The van der Waals surface area contributed by atoms with Crippen molar-refractivity contribution in [2.45, 2.75) is 38.8 Å². The SMILES string of the molecule is CC(Oc1ccc(Br)cc1)C(=O)N(C)C(C)C1CC1. The van der Waals surface area contributed by atoms with Gasteiger partial charge in [0.15, 0.2) is 6.10 Å². The van der Waals surface area contributed by atoms with E-state index < -0.39 is 6.10 Å². The molecule has 1 aliphatic rings. The van der Waals surface area contributed by atoms with Crippen LogP contribution >= 0.6 is 15.9 Å². The van der Waals surface area contributed by atoms with Crippen molar-refractivity contribution in [1.82, 2.24) is 4.90 Å². The maximum atomic E-state index is 12.3. The van der Waals surface area contributed by atoms with Crippen LogP contribution in [0, 0.1) is 5.92 Å². The molecule has 4 heteroatoms. The normalized spacial score (nSPS) is 17.7. The molecule has 2 unspecified atom stereocenters. The zero-order valence-corrected chi connectivity index (χ0v) is 13.2. The Morgan fingerprint density at radius 1 is 1.32 bits per heavy atom. The minimum atomic E-state index is -0.452. The molecule has 19 heavy (non-hydrogen) atoms. The van der Waals surface area contributed by atoms with Crippen molar-refractivity contribution >= 4 is 21.8 Å². The minimum absolute atomic E-state index is 0.0438. The Balaban J connectivity index is 1.92. The van der Waals surface area contributed by atoms with E-state index in [0.717, 1.165) is 10.2 Å². The molecule has 0 saturated heterocycles. The molecule has 0 spiro atoms. The monoisotopic (exact) mass is 325 g/mol. The first kappa shape index (κ1) is 14.4. The van der Waals surface area contributed by atoms with Crippen molar-refractivity contribution in [1.29, 1.82) is 0 Å². The summed E-state index contributed by atoms with van der Waals surface area (Å²) in [6.45, 7) is 3.92. The van der Waals surface area contributed by atoms with Gasteiger partial charge in [0.05, 0.1) is 0 Å². The quantitative estimate of drug-likeness (QED) is 0.829. The van der Waals surface area contributed by atoms with Crippen molar-refractivity contribution in [3.63, 3.8) is 0 Å². The summed E-state index contributed by atoms with van der Waals surface area (Å²) in [7, 11) is 1.87. The first-order valence-electron chi connectivity index (χ1n) is 6.68. The van der Waals surface area contributed by atoms with Gasteiger partial charge < -0.3 is 9.64 Å². The second-order valence-electron chi connectivity index (χ2n) is 5.24. The second-order valence-corrected chi connectivity index (χ2v) is 6.16. The number of carbonyl (C=O) groups is 1. The Morgan fingerprint density at radius 3 is 2.42 bits per heavy atom. The van der Waals surface area contributed by atoms with Gasteiger partial charge in [0.25, 0.3) is 5.91 Å². The molecule has 0 aliphatic heterocycles. The van der Waals surface area contributed by atoms with Gasteiger partial charge in [0, 0.05) is 17.6 Å². The number of benzene rings is 1. The van der Waals surface area contributed by atoms with Crippen LogP contribution in [0.15, 0.2) is 28.7 Å². The lowest BCUT2D eigenvalue weighted by Crippen LogP contribution is -2.43. The molecule has 104 valence electrons. The number of likely N-dealkylation sites (N-methyl/N-ethyl adjacent to an activating group) is 1. The fourth-order valence-corrected chi connectivity index (χ4v) is 2.41.